The second kappa shape index (κ2) is 6.20. The highest BCUT2D eigenvalue weighted by Crippen LogP contribution is 2.38. The molecule has 0 fully saturated rings. The Kier molecular flexibility index (Phi) is 3.96. The van der Waals surface area contributed by atoms with Crippen molar-refractivity contribution in [1.82, 2.24) is 24.6 Å². The van der Waals surface area contributed by atoms with Gasteiger partial charge in [-0.2, -0.15) is 22.8 Å². The topological polar surface area (TPSA) is 82.0 Å². The number of halogens is 4. The van der Waals surface area contributed by atoms with Crippen molar-refractivity contribution in [3.8, 4) is 22.4 Å². The first kappa shape index (κ1) is 17.2. The molecule has 3 heterocycles. The van der Waals surface area contributed by atoms with Crippen LogP contribution in [0, 0.1) is 0 Å². The van der Waals surface area contributed by atoms with E-state index in [0.717, 1.165) is 6.07 Å². The van der Waals surface area contributed by atoms with Crippen molar-refractivity contribution in [2.24, 2.45) is 0 Å². The van der Waals surface area contributed by atoms with E-state index in [-0.39, 0.29) is 22.3 Å². The molecule has 0 aliphatic carbocycles. The van der Waals surface area contributed by atoms with Crippen LogP contribution in [0.4, 0.5) is 19.1 Å². The second-order valence-corrected chi connectivity index (χ2v) is 6.00. The van der Waals surface area contributed by atoms with Crippen molar-refractivity contribution in [2.45, 2.75) is 6.18 Å². The summed E-state index contributed by atoms with van der Waals surface area (Å²) in [7, 11) is 0. The molecule has 10 heteroatoms. The summed E-state index contributed by atoms with van der Waals surface area (Å²) in [5.41, 5.74) is 6.60. The Morgan fingerprint density at radius 1 is 1.00 bits per heavy atom. The Labute approximate surface area is 155 Å². The molecule has 0 radical (unpaired) electrons. The van der Waals surface area contributed by atoms with Gasteiger partial charge < -0.3 is 5.73 Å². The lowest BCUT2D eigenvalue weighted by atomic mass is 10.00. The van der Waals surface area contributed by atoms with Crippen LogP contribution in [0.5, 0.6) is 0 Å². The van der Waals surface area contributed by atoms with Gasteiger partial charge in [0, 0.05) is 5.56 Å². The monoisotopic (exact) mass is 390 g/mol. The molecule has 136 valence electrons. The summed E-state index contributed by atoms with van der Waals surface area (Å²) >= 11 is 5.86. The Morgan fingerprint density at radius 3 is 2.44 bits per heavy atom. The fourth-order valence-electron chi connectivity index (χ4n) is 2.76. The van der Waals surface area contributed by atoms with Crippen LogP contribution in [-0.4, -0.2) is 24.6 Å². The van der Waals surface area contributed by atoms with Gasteiger partial charge in [0.05, 0.1) is 11.3 Å². The van der Waals surface area contributed by atoms with E-state index in [4.69, 9.17) is 17.3 Å². The number of nitrogens with zero attached hydrogens (tertiary/aromatic N) is 5. The smallest absolute Gasteiger partial charge is 0.368 e. The van der Waals surface area contributed by atoms with E-state index >= 15 is 0 Å². The summed E-state index contributed by atoms with van der Waals surface area (Å²) in [4.78, 5) is 11.9. The third-order valence-electron chi connectivity index (χ3n) is 3.87. The summed E-state index contributed by atoms with van der Waals surface area (Å²) < 4.78 is 40.9. The second-order valence-electron chi connectivity index (χ2n) is 5.62. The average Bonchev–Trinajstić information content (AvgIpc) is 3.11. The quantitative estimate of drug-likeness (QED) is 0.521. The van der Waals surface area contributed by atoms with Gasteiger partial charge in [-0.15, -0.1) is 0 Å². The van der Waals surface area contributed by atoms with E-state index in [1.165, 1.54) is 16.9 Å². The molecular weight excluding hydrogens is 381 g/mol. The lowest BCUT2D eigenvalue weighted by Crippen LogP contribution is -2.09. The number of hydrogen-bond donors (Lipinski definition) is 1. The molecule has 4 rings (SSSR count). The zero-order valence-electron chi connectivity index (χ0n) is 13.4. The lowest BCUT2D eigenvalue weighted by Gasteiger charge is -2.14. The molecule has 27 heavy (non-hydrogen) atoms. The van der Waals surface area contributed by atoms with Crippen LogP contribution in [0.1, 0.15) is 5.69 Å². The molecule has 0 amide bonds. The average molecular weight is 391 g/mol. The highest BCUT2D eigenvalue weighted by atomic mass is 35.5. The van der Waals surface area contributed by atoms with Gasteiger partial charge in [-0.1, -0.05) is 41.9 Å². The van der Waals surface area contributed by atoms with Crippen molar-refractivity contribution in [1.29, 1.82) is 0 Å². The summed E-state index contributed by atoms with van der Waals surface area (Å²) in [6.07, 6.45) is -3.41. The van der Waals surface area contributed by atoms with Crippen molar-refractivity contribution >= 4 is 23.2 Å². The first-order valence-corrected chi connectivity index (χ1v) is 8.02. The van der Waals surface area contributed by atoms with E-state index in [0.29, 0.717) is 16.8 Å². The zero-order chi connectivity index (χ0) is 19.2. The van der Waals surface area contributed by atoms with Crippen molar-refractivity contribution in [3.63, 3.8) is 0 Å². The van der Waals surface area contributed by atoms with Gasteiger partial charge >= 0.3 is 6.18 Å². The molecule has 4 aromatic rings. The molecule has 0 atom stereocenters. The van der Waals surface area contributed by atoms with Crippen molar-refractivity contribution < 1.29 is 13.2 Å². The fourth-order valence-corrected chi connectivity index (χ4v) is 2.97. The third-order valence-corrected chi connectivity index (χ3v) is 4.07. The van der Waals surface area contributed by atoms with Crippen LogP contribution in [0.25, 0.3) is 28.0 Å². The SMILES string of the molecule is Nc1nc(-c2ccccc2)c(-c2cc(Cl)nc(C(F)(F)F)c2)c2ncnn12. The number of hydrogen-bond acceptors (Lipinski definition) is 5. The number of fused-ring (bicyclic) bond motifs is 1. The standard InChI is InChI=1S/C17H10ClF3N6/c18-12-7-10(6-11(25-12)17(19,20)21)13-14(9-4-2-1-3-5-9)26-16(22)27-15(13)23-8-24-27/h1-8H,(H2,22,26). The van der Waals surface area contributed by atoms with E-state index in [9.17, 15) is 13.2 Å². The Bertz CT molecular complexity index is 1140. The number of rotatable bonds is 2. The molecule has 0 unspecified atom stereocenters. The molecule has 0 aliphatic rings. The van der Waals surface area contributed by atoms with E-state index in [1.54, 1.807) is 24.3 Å². The summed E-state index contributed by atoms with van der Waals surface area (Å²) in [5, 5.41) is 3.68. The van der Waals surface area contributed by atoms with E-state index in [1.807, 2.05) is 6.07 Å². The maximum Gasteiger partial charge on any atom is 0.433 e. The minimum absolute atomic E-state index is 0.0568. The first-order valence-electron chi connectivity index (χ1n) is 7.64. The molecule has 1 aromatic carbocycles. The number of nitrogens with two attached hydrogens (primary N) is 1. The highest BCUT2D eigenvalue weighted by Gasteiger charge is 2.34. The molecule has 0 spiro atoms. The normalized spacial score (nSPS) is 11.9. The maximum absolute atomic E-state index is 13.2. The van der Waals surface area contributed by atoms with Crippen LogP contribution < -0.4 is 5.73 Å². The van der Waals surface area contributed by atoms with Gasteiger partial charge in [0.2, 0.25) is 5.95 Å². The molecule has 2 N–H and O–H groups in total. The van der Waals surface area contributed by atoms with Gasteiger partial charge in [-0.3, -0.25) is 0 Å². The van der Waals surface area contributed by atoms with Gasteiger partial charge in [0.1, 0.15) is 17.2 Å². The molecule has 0 saturated heterocycles. The lowest BCUT2D eigenvalue weighted by molar-refractivity contribution is -0.141. The van der Waals surface area contributed by atoms with Crippen LogP contribution in [0.3, 0.4) is 0 Å². The van der Waals surface area contributed by atoms with Crippen LogP contribution >= 0.6 is 11.6 Å². The first-order chi connectivity index (χ1) is 12.8. The number of alkyl halides is 3. The predicted molar refractivity (Wildman–Crippen MR) is 93.9 cm³/mol. The fraction of sp³-hybridized carbons (Fsp3) is 0.0588. The van der Waals surface area contributed by atoms with Crippen molar-refractivity contribution in [2.75, 3.05) is 5.73 Å². The van der Waals surface area contributed by atoms with E-state index in [2.05, 4.69) is 20.1 Å². The number of aromatic nitrogens is 5. The van der Waals surface area contributed by atoms with Crippen molar-refractivity contribution in [3.05, 3.63) is 59.6 Å². The number of anilines is 1. The Balaban J connectivity index is 2.09. The van der Waals surface area contributed by atoms with Crippen LogP contribution in [0.2, 0.25) is 5.15 Å². The predicted octanol–water partition coefficient (Wildman–Crippen LogP) is 4.11. The summed E-state index contributed by atoms with van der Waals surface area (Å²) in [6, 6.07) is 11.1. The van der Waals surface area contributed by atoms with E-state index < -0.39 is 11.9 Å². The van der Waals surface area contributed by atoms with Gasteiger partial charge in [-0.25, -0.2) is 15.0 Å². The Hall–Kier alpha value is -3.20. The van der Waals surface area contributed by atoms with Crippen LogP contribution in [-0.2, 0) is 6.18 Å². The molecule has 0 saturated carbocycles. The molecule has 6 nitrogen and oxygen atoms in total. The maximum atomic E-state index is 13.2. The van der Waals surface area contributed by atoms with Gasteiger partial charge in [-0.05, 0) is 17.7 Å². The highest BCUT2D eigenvalue weighted by molar-refractivity contribution is 6.29. The largest absolute Gasteiger partial charge is 0.433 e. The molecular formula is C17H10ClF3N6. The van der Waals surface area contributed by atoms with Gasteiger partial charge in [0.25, 0.3) is 0 Å². The Morgan fingerprint density at radius 2 is 1.74 bits per heavy atom. The van der Waals surface area contributed by atoms with Gasteiger partial charge in [0.15, 0.2) is 5.65 Å². The third kappa shape index (κ3) is 3.06. The number of benzene rings is 1. The minimum atomic E-state index is -4.66. The minimum Gasteiger partial charge on any atom is -0.368 e. The zero-order valence-corrected chi connectivity index (χ0v) is 14.2. The molecule has 0 aliphatic heterocycles. The summed E-state index contributed by atoms with van der Waals surface area (Å²) in [6.45, 7) is 0. The van der Waals surface area contributed by atoms with Crippen LogP contribution in [0.15, 0.2) is 48.8 Å². The molecule has 3 aromatic heterocycles. The molecule has 0 bridgehead atoms. The number of nitrogen functional groups attached to an aromatic ring is 1. The number of pyridine rings is 1. The summed E-state index contributed by atoms with van der Waals surface area (Å²) in [5.74, 6) is 0.0568.